The standard InChI is InChI=1S/2C21H20N2O2S.2C15H16N2O2S.2C10H14.2C9H12.4CH3.4ClH.4Ru/c2*1-16-12-14-19(15-13-16)26(24,25)23-21(18-10-6-3-7-11-18)20(22)17-8-4-2-5-9-17;2*1-20(18,19)17-15(13-10-6-3-7-11-13)14(16)12-8-4-2-5-9-12;2*1-8(2)10-6-4-9(3)5-7-10;2*1-7-4-8(2)6-9(3)5-7;;;;;;;;;;;;/h2*2-15,20-22H,1H3;2*2-11,14-16H,1H3;2*4-8H,1-3H3;2*4-6H,1-3H3;4*1H3;4*1H;;;;/q4*-2;;;;;4*-1;;;;;4*+4/p-4/t2*20-,21-;2*14-,15-;;;;;;;;;;;;;;;;/m1111................/s1. The third kappa shape index (κ3) is 52.5. The Morgan fingerprint density at radius 3 is 0.493 bits per heavy atom. The predicted octanol–water partition coefficient (Wildman–Crippen LogP) is 34.9. The van der Waals surface area contributed by atoms with Crippen molar-refractivity contribution in [3.05, 3.63) is 559 Å². The molecule has 8 atom stereocenters. The van der Waals surface area contributed by atoms with Gasteiger partial charge in [0.15, 0.2) is 0 Å². The van der Waals surface area contributed by atoms with Gasteiger partial charge in [-0.15, -0.1) is 48.3 Å². The molecule has 28 heteroatoms. The number of nitrogens with zero attached hydrogens (tertiary/aromatic N) is 4. The van der Waals surface area contributed by atoms with Crippen molar-refractivity contribution in [3.63, 3.8) is 0 Å². The molecule has 14 aromatic rings. The Balaban J connectivity index is 0. The molecule has 0 bridgehead atoms. The molecule has 0 saturated heterocycles. The molecule has 0 aromatic heterocycles. The zero-order valence-corrected chi connectivity index (χ0v) is 97.4. The summed E-state index contributed by atoms with van der Waals surface area (Å²) in [7, 11) is 3.49. The van der Waals surface area contributed by atoms with Gasteiger partial charge in [-0.3, -0.25) is 0 Å². The van der Waals surface area contributed by atoms with E-state index in [1.807, 2.05) is 301 Å². The topological polar surface area (TPSA) is 288 Å². The number of sulfonamides is 4. The first kappa shape index (κ1) is 136. The van der Waals surface area contributed by atoms with E-state index < -0.39 is 88.4 Å². The molecule has 0 aliphatic heterocycles. The van der Waals surface area contributed by atoms with Gasteiger partial charge in [0.2, 0.25) is 0 Å². The van der Waals surface area contributed by atoms with Crippen LogP contribution in [0.4, 0.5) is 0 Å². The molecule has 0 aliphatic rings. The van der Waals surface area contributed by atoms with Gasteiger partial charge in [0.1, 0.15) is 20.0 Å². The number of hydrogen-bond donors (Lipinski definition) is 0. The Morgan fingerprint density at radius 1 is 0.204 bits per heavy atom. The fourth-order valence-corrected chi connectivity index (χ4v) is 17.4. The summed E-state index contributed by atoms with van der Waals surface area (Å²) >= 11 is 7.29. The quantitative estimate of drug-likeness (QED) is 0.0413. The molecule has 0 fully saturated rings. The van der Waals surface area contributed by atoms with Crippen LogP contribution in [-0.4, -0.2) is 46.2 Å². The maximum atomic E-state index is 12.8. The van der Waals surface area contributed by atoms with Gasteiger partial charge in [0, 0.05) is 22.3 Å². The first-order valence-electron chi connectivity index (χ1n) is 43.6. The van der Waals surface area contributed by atoms with Gasteiger partial charge in [-0.25, -0.2) is 33.7 Å². The zero-order chi connectivity index (χ0) is 103. The SMILES string of the molecule is CS(=O)(=O)[N-][C@H](c1ccccc1)[C@H]([NH-])c1ccccc1.CS(=O)(=O)[N-][C@H](c1ccccc1)[C@H]([NH-])c1ccccc1.Cc1cc(C)cc(C)c1.Cc1cc(C)cc(C)c1.Cc1ccc(C(C)C)cc1.Cc1ccc(C(C)C)cc1.Cc1ccc(S(=O)(=O)[N-][C@H](c2ccccc2)[C@H]([NH-])c2ccccc2)cc1.Cc1ccc(S(=O)(=O)[N-][C@H](c2ccccc2)[C@H]([NH-])c2ccccc2)cc1.[CH3-].[CH3-].[CH3-].[CH3-].[Cl][Ru+3].[Cl][Ru+3].[Cl][Ru+3].[Cl][Ru+3]. The van der Waals surface area contributed by atoms with Gasteiger partial charge < -0.3 is 71.5 Å². The minimum atomic E-state index is -3.87. The van der Waals surface area contributed by atoms with Crippen molar-refractivity contribution in [1.29, 1.82) is 0 Å². The summed E-state index contributed by atoms with van der Waals surface area (Å²) in [6.07, 6.45) is 2.11. The predicted molar refractivity (Wildman–Crippen MR) is 592 cm³/mol. The van der Waals surface area contributed by atoms with Gasteiger partial charge in [0.25, 0.3) is 0 Å². The van der Waals surface area contributed by atoms with Crippen LogP contribution < -0.4 is 0 Å². The monoisotopic (exact) mass is 2420 g/mol. The molecule has 0 heterocycles. The summed E-state index contributed by atoms with van der Waals surface area (Å²) < 4.78 is 113. The molecule has 0 unspecified atom stereocenters. The number of rotatable bonds is 24. The molecule has 0 radical (unpaired) electrons. The van der Waals surface area contributed by atoms with E-state index in [0.717, 1.165) is 57.0 Å². The summed E-state index contributed by atoms with van der Waals surface area (Å²) in [4.78, 5) is 0.286. The van der Waals surface area contributed by atoms with E-state index in [-0.39, 0.29) is 39.5 Å². The van der Waals surface area contributed by atoms with Crippen molar-refractivity contribution < 1.29 is 103 Å². The van der Waals surface area contributed by atoms with Crippen LogP contribution in [-0.2, 0) is 109 Å². The van der Waals surface area contributed by atoms with Crippen molar-refractivity contribution in [2.24, 2.45) is 0 Å². The van der Waals surface area contributed by atoms with E-state index in [1.165, 1.54) is 55.6 Å². The van der Waals surface area contributed by atoms with Crippen LogP contribution in [0.2, 0.25) is 0 Å². The molecule has 14 rings (SSSR count). The van der Waals surface area contributed by atoms with Gasteiger partial charge in [-0.1, -0.05) is 480 Å². The Labute approximate surface area is 910 Å². The number of halogens is 4. The van der Waals surface area contributed by atoms with Crippen molar-refractivity contribution in [1.82, 2.24) is 0 Å². The average Bonchev–Trinajstić information content (AvgIpc) is 0.820. The number of hydrogen-bond acceptors (Lipinski definition) is 8. The number of benzene rings is 14. The fraction of sp³-hybridized carbons (Fsp3) is 0.228. The first-order valence-corrected chi connectivity index (χ1v) is 59.1. The van der Waals surface area contributed by atoms with Crippen molar-refractivity contribution in [2.75, 3.05) is 12.5 Å². The van der Waals surface area contributed by atoms with Gasteiger partial charge >= 0.3 is 108 Å². The molecule has 0 amide bonds. The van der Waals surface area contributed by atoms with Crippen molar-refractivity contribution in [3.8, 4) is 0 Å². The van der Waals surface area contributed by atoms with E-state index in [2.05, 4.69) is 226 Å². The Kier molecular flexibility index (Phi) is 70.4. The Hall–Kier alpha value is -7.79. The molecular formula is C114H136Cl4N8O8Ru4S4. The fourth-order valence-electron chi connectivity index (χ4n) is 13.8. The van der Waals surface area contributed by atoms with E-state index in [9.17, 15) is 33.7 Å². The summed E-state index contributed by atoms with van der Waals surface area (Å²) in [6, 6.07) is 111. The summed E-state index contributed by atoms with van der Waals surface area (Å²) in [6.45, 7) is 29.6. The Bertz CT molecular complexity index is 5700. The molecular weight excluding hydrogens is 2280 g/mol. The summed E-state index contributed by atoms with van der Waals surface area (Å²) in [5.41, 5.74) is 55.3. The molecule has 764 valence electrons. The number of aryl methyl sites for hydroxylation is 10. The first-order chi connectivity index (χ1) is 65.6. The second kappa shape index (κ2) is 73.3. The van der Waals surface area contributed by atoms with E-state index in [4.69, 9.17) is 22.9 Å². The van der Waals surface area contributed by atoms with E-state index >= 15 is 0 Å². The van der Waals surface area contributed by atoms with E-state index in [1.54, 1.807) is 72.8 Å². The van der Waals surface area contributed by atoms with Gasteiger partial charge in [0.05, 0.1) is 20.0 Å². The third-order valence-electron chi connectivity index (χ3n) is 20.4. The van der Waals surface area contributed by atoms with Crippen LogP contribution in [0.3, 0.4) is 0 Å². The van der Waals surface area contributed by atoms with Crippen LogP contribution in [0.1, 0.15) is 199 Å². The van der Waals surface area contributed by atoms with Crippen LogP contribution >= 0.6 is 38.8 Å². The van der Waals surface area contributed by atoms with Gasteiger partial charge in [-0.05, 0) is 116 Å². The summed E-state index contributed by atoms with van der Waals surface area (Å²) in [5.74, 6) is 1.31. The second-order valence-corrected chi connectivity index (χ2v) is 39.5. The Morgan fingerprint density at radius 2 is 0.345 bits per heavy atom. The van der Waals surface area contributed by atoms with Crippen LogP contribution in [0.25, 0.3) is 41.8 Å². The van der Waals surface area contributed by atoms with Crippen LogP contribution in [0, 0.1) is 98.9 Å². The molecule has 0 spiro atoms. The summed E-state index contributed by atoms with van der Waals surface area (Å²) in [5, 5.41) is 0. The van der Waals surface area contributed by atoms with E-state index in [0.29, 0.717) is 23.0 Å². The zero-order valence-electron chi connectivity index (χ0n) is 84.2. The van der Waals surface area contributed by atoms with Gasteiger partial charge in [-0.2, -0.15) is 0 Å². The number of nitrogens with one attached hydrogen (secondary N) is 4. The molecule has 4 N–H and O–H groups in total. The average molecular weight is 2420 g/mol. The second-order valence-electron chi connectivity index (χ2n) is 32.9. The maximum absolute atomic E-state index is 12.8. The molecule has 0 aliphatic carbocycles. The van der Waals surface area contributed by atoms with Crippen LogP contribution in [0.15, 0.2) is 386 Å². The molecule has 142 heavy (non-hydrogen) atoms. The van der Waals surface area contributed by atoms with Crippen molar-refractivity contribution >= 4 is 78.9 Å². The molecule has 14 aromatic carbocycles. The molecule has 16 nitrogen and oxygen atoms in total. The minimum absolute atomic E-state index is 0. The third-order valence-corrected chi connectivity index (χ3v) is 24.4. The normalized spacial score (nSPS) is 12.1. The van der Waals surface area contributed by atoms with Crippen molar-refractivity contribution in [2.45, 2.75) is 167 Å². The van der Waals surface area contributed by atoms with Crippen LogP contribution in [0.5, 0.6) is 0 Å². The molecule has 0 saturated carbocycles.